The lowest BCUT2D eigenvalue weighted by atomic mass is 9.96. The first-order chi connectivity index (χ1) is 19.6. The van der Waals surface area contributed by atoms with Gasteiger partial charge in [-0.2, -0.15) is 0 Å². The molecule has 4 aliphatic rings. The first-order valence-electron chi connectivity index (χ1n) is 14.5. The van der Waals surface area contributed by atoms with Crippen molar-refractivity contribution in [3.63, 3.8) is 0 Å². The van der Waals surface area contributed by atoms with Crippen molar-refractivity contribution in [2.24, 2.45) is 0 Å². The Morgan fingerprint density at radius 3 is 2.44 bits per heavy atom. The Bertz CT molecular complexity index is 1000. The molecule has 0 radical (unpaired) electrons. The van der Waals surface area contributed by atoms with Crippen molar-refractivity contribution in [2.75, 3.05) is 13.7 Å². The number of benzene rings is 1. The Labute approximate surface area is 241 Å². The first-order valence-corrected chi connectivity index (χ1v) is 14.5. The van der Waals surface area contributed by atoms with E-state index in [1.165, 1.54) is 0 Å². The average molecular weight is 581 g/mol. The third-order valence-corrected chi connectivity index (χ3v) is 7.95. The Balaban J connectivity index is 1.31. The highest BCUT2D eigenvalue weighted by molar-refractivity contribution is 5.28. The standard InChI is InChI=1S/C30H44O11/c1-7-9-19(10-8-2)36-29-26(25-23(16(3)35-29)40-30(4,5)41-25)39-28-22(32)21(31)24-20(37-28)15-34-27(38-24)17-11-13-18(33-6)14-12-17/h7,11-14,16,19-29,31-32H,1,8-10,15H2,2-6H3/t16-,19-,20-,21-,22-,23+,24-,25+,26-,27-,28+,29+/m1/s1. The minimum Gasteiger partial charge on any atom is -0.497 e. The van der Waals surface area contributed by atoms with Crippen LogP contribution < -0.4 is 4.74 Å². The zero-order valence-electron chi connectivity index (χ0n) is 24.4. The van der Waals surface area contributed by atoms with Crippen LogP contribution in [0.4, 0.5) is 0 Å². The Hall–Kier alpha value is -1.64. The normalized spacial score (nSPS) is 40.8. The fraction of sp³-hybridized carbons (Fsp3) is 0.733. The van der Waals surface area contributed by atoms with Crippen LogP contribution in [0.25, 0.3) is 0 Å². The summed E-state index contributed by atoms with van der Waals surface area (Å²) in [4.78, 5) is 0. The molecule has 11 heteroatoms. The molecule has 0 aliphatic carbocycles. The van der Waals surface area contributed by atoms with Gasteiger partial charge in [-0.3, -0.25) is 0 Å². The number of hydrogen-bond donors (Lipinski definition) is 2. The summed E-state index contributed by atoms with van der Waals surface area (Å²) in [5, 5.41) is 22.3. The number of ether oxygens (including phenoxy) is 9. The van der Waals surface area contributed by atoms with Crippen molar-refractivity contribution in [1.82, 2.24) is 0 Å². The van der Waals surface area contributed by atoms with Crippen molar-refractivity contribution in [2.45, 2.75) is 127 Å². The van der Waals surface area contributed by atoms with Gasteiger partial charge in [0.25, 0.3) is 0 Å². The van der Waals surface area contributed by atoms with E-state index in [0.717, 1.165) is 18.4 Å². The highest BCUT2D eigenvalue weighted by atomic mass is 16.8. The molecule has 4 saturated heterocycles. The van der Waals surface area contributed by atoms with E-state index >= 15 is 0 Å². The Morgan fingerprint density at radius 1 is 1.02 bits per heavy atom. The Kier molecular flexibility index (Phi) is 9.71. The van der Waals surface area contributed by atoms with Crippen molar-refractivity contribution >= 4 is 0 Å². The van der Waals surface area contributed by atoms with E-state index in [4.69, 9.17) is 42.6 Å². The summed E-state index contributed by atoms with van der Waals surface area (Å²) in [6.07, 6.45) is -5.12. The van der Waals surface area contributed by atoms with Crippen LogP contribution in [0, 0.1) is 0 Å². The van der Waals surface area contributed by atoms with E-state index in [2.05, 4.69) is 13.5 Å². The molecule has 230 valence electrons. The topological polar surface area (TPSA) is 124 Å². The van der Waals surface area contributed by atoms with E-state index < -0.39 is 67.4 Å². The van der Waals surface area contributed by atoms with Crippen LogP contribution in [-0.4, -0.2) is 97.2 Å². The van der Waals surface area contributed by atoms with Gasteiger partial charge < -0.3 is 52.8 Å². The van der Waals surface area contributed by atoms with Gasteiger partial charge in [0.15, 0.2) is 24.7 Å². The molecule has 0 aromatic heterocycles. The highest BCUT2D eigenvalue weighted by Gasteiger charge is 2.58. The maximum absolute atomic E-state index is 11.2. The fourth-order valence-electron chi connectivity index (χ4n) is 5.92. The number of aliphatic hydroxyl groups excluding tert-OH is 2. The molecule has 41 heavy (non-hydrogen) atoms. The summed E-state index contributed by atoms with van der Waals surface area (Å²) < 4.78 is 54.8. The van der Waals surface area contributed by atoms with Crippen molar-refractivity contribution in [3.8, 4) is 5.75 Å². The largest absolute Gasteiger partial charge is 0.497 e. The van der Waals surface area contributed by atoms with E-state index in [1.807, 2.05) is 39.0 Å². The lowest BCUT2D eigenvalue weighted by molar-refractivity contribution is -0.388. The molecule has 1 aromatic carbocycles. The van der Waals surface area contributed by atoms with Gasteiger partial charge in [0.05, 0.1) is 25.9 Å². The second kappa shape index (κ2) is 12.9. The molecule has 4 fully saturated rings. The molecule has 2 N–H and O–H groups in total. The predicted octanol–water partition coefficient (Wildman–Crippen LogP) is 2.97. The fourth-order valence-corrected chi connectivity index (χ4v) is 5.92. The number of fused-ring (bicyclic) bond motifs is 2. The Morgan fingerprint density at radius 2 is 1.76 bits per heavy atom. The van der Waals surface area contributed by atoms with E-state index in [9.17, 15) is 10.2 Å². The quantitative estimate of drug-likeness (QED) is 0.397. The third kappa shape index (κ3) is 6.65. The molecule has 0 spiro atoms. The molecular formula is C30H44O11. The maximum atomic E-state index is 11.2. The van der Waals surface area contributed by atoms with Crippen molar-refractivity contribution in [3.05, 3.63) is 42.5 Å². The lowest BCUT2D eigenvalue weighted by Crippen LogP contribution is -2.65. The molecule has 0 saturated carbocycles. The van der Waals surface area contributed by atoms with Crippen LogP contribution in [0.2, 0.25) is 0 Å². The van der Waals surface area contributed by atoms with Crippen molar-refractivity contribution < 1.29 is 52.8 Å². The molecule has 5 rings (SSSR count). The van der Waals surface area contributed by atoms with Crippen LogP contribution >= 0.6 is 0 Å². The van der Waals surface area contributed by atoms with E-state index in [1.54, 1.807) is 19.2 Å². The summed E-state index contributed by atoms with van der Waals surface area (Å²) in [6, 6.07) is 7.25. The average Bonchev–Trinajstić information content (AvgIpc) is 3.29. The zero-order chi connectivity index (χ0) is 29.3. The van der Waals surface area contributed by atoms with Gasteiger partial charge >= 0.3 is 0 Å². The summed E-state index contributed by atoms with van der Waals surface area (Å²) in [7, 11) is 1.59. The van der Waals surface area contributed by atoms with Gasteiger partial charge in [-0.15, -0.1) is 6.58 Å². The smallest absolute Gasteiger partial charge is 0.187 e. The minimum absolute atomic E-state index is 0.125. The van der Waals surface area contributed by atoms with Gasteiger partial charge in [-0.25, -0.2) is 0 Å². The molecular weight excluding hydrogens is 536 g/mol. The van der Waals surface area contributed by atoms with Crippen molar-refractivity contribution in [1.29, 1.82) is 0 Å². The maximum Gasteiger partial charge on any atom is 0.187 e. The van der Waals surface area contributed by atoms with Gasteiger partial charge in [-0.1, -0.05) is 31.6 Å². The molecule has 1 aromatic rings. The predicted molar refractivity (Wildman–Crippen MR) is 145 cm³/mol. The van der Waals surface area contributed by atoms with Gasteiger partial charge in [0, 0.05) is 5.56 Å². The second-order valence-electron chi connectivity index (χ2n) is 11.5. The monoisotopic (exact) mass is 580 g/mol. The molecule has 11 nitrogen and oxygen atoms in total. The summed E-state index contributed by atoms with van der Waals surface area (Å²) in [6.45, 7) is 11.6. The van der Waals surface area contributed by atoms with Crippen LogP contribution in [-0.2, 0) is 37.9 Å². The number of aliphatic hydroxyl groups is 2. The molecule has 0 amide bonds. The van der Waals surface area contributed by atoms with Gasteiger partial charge in [-0.05, 0) is 45.7 Å². The molecule has 4 heterocycles. The summed E-state index contributed by atoms with van der Waals surface area (Å²) >= 11 is 0. The molecule has 0 bridgehead atoms. The summed E-state index contributed by atoms with van der Waals surface area (Å²) in [5.74, 6) is -0.166. The van der Waals surface area contributed by atoms with Crippen LogP contribution in [0.1, 0.15) is 58.8 Å². The number of rotatable bonds is 10. The van der Waals surface area contributed by atoms with Crippen LogP contribution in [0.5, 0.6) is 5.75 Å². The van der Waals surface area contributed by atoms with E-state index in [0.29, 0.717) is 12.2 Å². The molecule has 4 aliphatic heterocycles. The third-order valence-electron chi connectivity index (χ3n) is 7.95. The SMILES string of the molecule is C=CC[C@H](CCC)O[C@@H]1O[C@H](C)[C@@H]2OC(C)(C)O[C@@H]2[C@H]1O[C@@H]1O[C@@H]2CO[C@@H](c3ccc(OC)cc3)O[C@H]2[C@H](O)[C@H]1O. The zero-order valence-corrected chi connectivity index (χ0v) is 24.4. The van der Waals surface area contributed by atoms with E-state index in [-0.39, 0.29) is 18.8 Å². The van der Waals surface area contributed by atoms with Crippen LogP contribution in [0.15, 0.2) is 36.9 Å². The number of methoxy groups -OCH3 is 1. The molecule has 0 unspecified atom stereocenters. The molecule has 12 atom stereocenters. The lowest BCUT2D eigenvalue weighted by Gasteiger charge is -2.48. The van der Waals surface area contributed by atoms with Crippen LogP contribution in [0.3, 0.4) is 0 Å². The minimum atomic E-state index is -1.42. The second-order valence-corrected chi connectivity index (χ2v) is 11.5. The van der Waals surface area contributed by atoms with Gasteiger partial charge in [0.2, 0.25) is 0 Å². The summed E-state index contributed by atoms with van der Waals surface area (Å²) in [5.41, 5.74) is 0.756. The highest BCUT2D eigenvalue weighted by Crippen LogP contribution is 2.41. The van der Waals surface area contributed by atoms with Gasteiger partial charge in [0.1, 0.15) is 48.5 Å². The first kappa shape index (κ1) is 30.8. The number of hydrogen-bond acceptors (Lipinski definition) is 11.